The number of benzene rings is 1. The van der Waals surface area contributed by atoms with Gasteiger partial charge in [0.15, 0.2) is 11.5 Å². The van der Waals surface area contributed by atoms with E-state index in [4.69, 9.17) is 21.1 Å². The van der Waals surface area contributed by atoms with E-state index < -0.39 is 0 Å². The second-order valence-corrected chi connectivity index (χ2v) is 6.54. The molecule has 4 rings (SSSR count). The van der Waals surface area contributed by atoms with Crippen molar-refractivity contribution in [2.24, 2.45) is 0 Å². The van der Waals surface area contributed by atoms with E-state index in [0.29, 0.717) is 6.54 Å². The molecule has 1 aromatic rings. The number of β-amino-alcohol motifs (C(OH)–C–C–N with tert-alkyl or cyclic N) is 1. The SMILES string of the molecule is OCCN1CCc2cc3c(cc2[C@@]12CCCC=C2Cl)OCO3. The fourth-order valence-electron chi connectivity index (χ4n) is 4.06. The Balaban J connectivity index is 1.89. The summed E-state index contributed by atoms with van der Waals surface area (Å²) in [6, 6.07) is 4.21. The molecule has 0 saturated carbocycles. The Morgan fingerprint density at radius 1 is 1.27 bits per heavy atom. The Hall–Kier alpha value is -1.23. The average Bonchev–Trinajstić information content (AvgIpc) is 2.98. The van der Waals surface area contributed by atoms with Crippen molar-refractivity contribution < 1.29 is 14.6 Å². The number of hydrogen-bond acceptors (Lipinski definition) is 4. The fraction of sp³-hybridized carbons (Fsp3) is 0.529. The number of allylic oxidation sites excluding steroid dienone is 1. The third-order valence-electron chi connectivity index (χ3n) is 5.07. The van der Waals surface area contributed by atoms with Gasteiger partial charge >= 0.3 is 0 Å². The molecule has 1 aliphatic carbocycles. The second-order valence-electron chi connectivity index (χ2n) is 6.13. The zero-order valence-electron chi connectivity index (χ0n) is 12.5. The molecule has 1 atom stereocenters. The lowest BCUT2D eigenvalue weighted by atomic mass is 9.74. The zero-order chi connectivity index (χ0) is 15.2. The van der Waals surface area contributed by atoms with Crippen molar-refractivity contribution in [1.29, 1.82) is 0 Å². The topological polar surface area (TPSA) is 41.9 Å². The van der Waals surface area contributed by atoms with Crippen molar-refractivity contribution in [3.63, 3.8) is 0 Å². The Morgan fingerprint density at radius 2 is 2.09 bits per heavy atom. The quantitative estimate of drug-likeness (QED) is 0.909. The minimum absolute atomic E-state index is 0.145. The molecular weight excluding hydrogens is 302 g/mol. The van der Waals surface area contributed by atoms with Crippen LogP contribution in [-0.4, -0.2) is 36.5 Å². The van der Waals surface area contributed by atoms with Crippen molar-refractivity contribution in [3.05, 3.63) is 34.4 Å². The molecule has 2 heterocycles. The van der Waals surface area contributed by atoms with E-state index in [-0.39, 0.29) is 18.9 Å². The van der Waals surface area contributed by atoms with Gasteiger partial charge in [0.1, 0.15) is 0 Å². The Kier molecular flexibility index (Phi) is 3.56. The van der Waals surface area contributed by atoms with Crippen molar-refractivity contribution in [2.75, 3.05) is 26.5 Å². The molecule has 0 saturated heterocycles. The highest BCUT2D eigenvalue weighted by Gasteiger charge is 2.46. The van der Waals surface area contributed by atoms with Crippen LogP contribution in [0.4, 0.5) is 0 Å². The summed E-state index contributed by atoms with van der Waals surface area (Å²) in [6.07, 6.45) is 6.18. The van der Waals surface area contributed by atoms with Gasteiger partial charge in [0.05, 0.1) is 12.1 Å². The summed E-state index contributed by atoms with van der Waals surface area (Å²) in [6.45, 7) is 1.97. The van der Waals surface area contributed by atoms with Gasteiger partial charge in [-0.1, -0.05) is 17.7 Å². The Morgan fingerprint density at radius 3 is 2.86 bits per heavy atom. The molecule has 1 N–H and O–H groups in total. The molecule has 0 radical (unpaired) electrons. The van der Waals surface area contributed by atoms with Gasteiger partial charge in [-0.05, 0) is 48.9 Å². The summed E-state index contributed by atoms with van der Waals surface area (Å²) < 4.78 is 11.1. The van der Waals surface area contributed by atoms with Crippen LogP contribution in [0.15, 0.2) is 23.2 Å². The largest absolute Gasteiger partial charge is 0.454 e. The summed E-state index contributed by atoms with van der Waals surface area (Å²) in [4.78, 5) is 2.33. The highest BCUT2D eigenvalue weighted by atomic mass is 35.5. The van der Waals surface area contributed by atoms with E-state index in [9.17, 15) is 5.11 Å². The number of nitrogens with zero attached hydrogens (tertiary/aromatic N) is 1. The minimum atomic E-state index is -0.308. The number of rotatable bonds is 2. The summed E-state index contributed by atoms with van der Waals surface area (Å²) in [5, 5.41) is 10.4. The van der Waals surface area contributed by atoms with Gasteiger partial charge in [0, 0.05) is 18.1 Å². The maximum atomic E-state index is 9.47. The standard InChI is InChI=1S/C17H20ClNO3/c18-16-3-1-2-5-17(16)13-10-15-14(21-11-22-15)9-12(13)4-6-19(17)7-8-20/h3,9-10,20H,1-2,4-8,11H2/t17-/m1/s1. The monoisotopic (exact) mass is 321 g/mol. The van der Waals surface area contributed by atoms with Gasteiger partial charge in [-0.15, -0.1) is 0 Å². The van der Waals surface area contributed by atoms with Crippen LogP contribution in [0.5, 0.6) is 11.5 Å². The van der Waals surface area contributed by atoms with Gasteiger partial charge in [-0.3, -0.25) is 4.90 Å². The highest BCUT2D eigenvalue weighted by Crippen LogP contribution is 2.51. The predicted molar refractivity (Wildman–Crippen MR) is 84.4 cm³/mol. The average molecular weight is 322 g/mol. The van der Waals surface area contributed by atoms with Gasteiger partial charge in [0.2, 0.25) is 6.79 Å². The summed E-state index contributed by atoms with van der Waals surface area (Å²) >= 11 is 6.73. The smallest absolute Gasteiger partial charge is 0.231 e. The minimum Gasteiger partial charge on any atom is -0.454 e. The van der Waals surface area contributed by atoms with Crippen LogP contribution in [0.1, 0.15) is 30.4 Å². The van der Waals surface area contributed by atoms with Crippen LogP contribution in [0.2, 0.25) is 0 Å². The normalized spacial score (nSPS) is 26.9. The van der Waals surface area contributed by atoms with Crippen molar-refractivity contribution >= 4 is 11.6 Å². The molecule has 1 aromatic carbocycles. The maximum absolute atomic E-state index is 9.47. The number of aliphatic hydroxyl groups excluding tert-OH is 1. The van der Waals surface area contributed by atoms with Crippen LogP contribution >= 0.6 is 11.6 Å². The highest BCUT2D eigenvalue weighted by molar-refractivity contribution is 6.31. The molecule has 2 aliphatic heterocycles. The molecule has 1 spiro atoms. The number of ether oxygens (including phenoxy) is 2. The second kappa shape index (κ2) is 5.44. The number of halogens is 1. The van der Waals surface area contributed by atoms with E-state index in [2.05, 4.69) is 23.1 Å². The Bertz CT molecular complexity index is 631. The maximum Gasteiger partial charge on any atom is 0.231 e. The van der Waals surface area contributed by atoms with Crippen molar-refractivity contribution in [1.82, 2.24) is 4.90 Å². The van der Waals surface area contributed by atoms with Crippen LogP contribution in [0.3, 0.4) is 0 Å². The van der Waals surface area contributed by atoms with E-state index in [1.165, 1.54) is 11.1 Å². The fourth-order valence-corrected chi connectivity index (χ4v) is 4.49. The molecule has 0 fully saturated rings. The molecule has 0 bridgehead atoms. The number of hydrogen-bond donors (Lipinski definition) is 1. The lowest BCUT2D eigenvalue weighted by Gasteiger charge is -2.49. The van der Waals surface area contributed by atoms with Gasteiger partial charge in [0.25, 0.3) is 0 Å². The zero-order valence-corrected chi connectivity index (χ0v) is 13.2. The van der Waals surface area contributed by atoms with Gasteiger partial charge in [-0.25, -0.2) is 0 Å². The van der Waals surface area contributed by atoms with Crippen LogP contribution in [0.25, 0.3) is 0 Å². The predicted octanol–water partition coefficient (Wildman–Crippen LogP) is 2.77. The first-order valence-electron chi connectivity index (χ1n) is 7.91. The lowest BCUT2D eigenvalue weighted by Crippen LogP contribution is -2.52. The molecular formula is C17H20ClNO3. The third kappa shape index (κ3) is 1.98. The van der Waals surface area contributed by atoms with Crippen LogP contribution in [0, 0.1) is 0 Å². The van der Waals surface area contributed by atoms with Crippen LogP contribution < -0.4 is 9.47 Å². The van der Waals surface area contributed by atoms with E-state index in [1.54, 1.807) is 0 Å². The van der Waals surface area contributed by atoms with Crippen molar-refractivity contribution in [3.8, 4) is 11.5 Å². The molecule has 22 heavy (non-hydrogen) atoms. The lowest BCUT2D eigenvalue weighted by molar-refractivity contribution is 0.0745. The summed E-state index contributed by atoms with van der Waals surface area (Å²) in [5.41, 5.74) is 2.20. The van der Waals surface area contributed by atoms with Crippen molar-refractivity contribution in [2.45, 2.75) is 31.2 Å². The van der Waals surface area contributed by atoms with Crippen LogP contribution in [-0.2, 0) is 12.0 Å². The first-order chi connectivity index (χ1) is 10.8. The molecule has 4 nitrogen and oxygen atoms in total. The molecule has 3 aliphatic rings. The first kappa shape index (κ1) is 14.4. The molecule has 0 amide bonds. The Labute approximate surface area is 135 Å². The van der Waals surface area contributed by atoms with E-state index in [1.807, 2.05) is 0 Å². The molecule has 5 heteroatoms. The van der Waals surface area contributed by atoms with Gasteiger partial charge in [-0.2, -0.15) is 0 Å². The summed E-state index contributed by atoms with van der Waals surface area (Å²) in [7, 11) is 0. The number of aliphatic hydroxyl groups is 1. The molecule has 0 unspecified atom stereocenters. The summed E-state index contributed by atoms with van der Waals surface area (Å²) in [5.74, 6) is 1.64. The van der Waals surface area contributed by atoms with Gasteiger partial charge < -0.3 is 14.6 Å². The number of fused-ring (bicyclic) bond motifs is 3. The third-order valence-corrected chi connectivity index (χ3v) is 5.53. The van der Waals surface area contributed by atoms with E-state index >= 15 is 0 Å². The molecule has 0 aromatic heterocycles. The first-order valence-corrected chi connectivity index (χ1v) is 8.28. The molecule has 118 valence electrons. The van der Waals surface area contributed by atoms with E-state index in [0.717, 1.165) is 48.8 Å².